The van der Waals surface area contributed by atoms with Gasteiger partial charge in [-0.15, -0.1) is 0 Å². The van der Waals surface area contributed by atoms with Crippen molar-refractivity contribution in [3.05, 3.63) is 46.7 Å². The second-order valence-electron chi connectivity index (χ2n) is 8.30. The normalized spacial score (nSPS) is 19.3. The molecular formula is C23H25ClN4O3. The number of aromatic nitrogens is 2. The van der Waals surface area contributed by atoms with Crippen molar-refractivity contribution in [1.82, 2.24) is 20.2 Å². The van der Waals surface area contributed by atoms with Crippen molar-refractivity contribution in [2.45, 2.75) is 32.0 Å². The highest BCUT2D eigenvalue weighted by Gasteiger charge is 2.35. The van der Waals surface area contributed by atoms with Crippen molar-refractivity contribution < 1.29 is 14.6 Å². The Hall–Kier alpha value is -2.61. The van der Waals surface area contributed by atoms with E-state index in [1.54, 1.807) is 13.1 Å². The maximum Gasteiger partial charge on any atom is 0.264 e. The van der Waals surface area contributed by atoms with Gasteiger partial charge in [0.1, 0.15) is 11.4 Å². The molecule has 2 aliphatic heterocycles. The van der Waals surface area contributed by atoms with Gasteiger partial charge in [0.2, 0.25) is 0 Å². The zero-order valence-corrected chi connectivity index (χ0v) is 18.1. The second kappa shape index (κ2) is 8.15. The summed E-state index contributed by atoms with van der Waals surface area (Å²) >= 11 is 6.46. The van der Waals surface area contributed by atoms with Gasteiger partial charge in [0, 0.05) is 72.4 Å². The fourth-order valence-corrected chi connectivity index (χ4v) is 4.74. The molecule has 1 unspecified atom stereocenters. The van der Waals surface area contributed by atoms with Crippen LogP contribution < -0.4 is 10.1 Å². The number of rotatable bonds is 4. The summed E-state index contributed by atoms with van der Waals surface area (Å²) < 4.78 is 6.24. The fraction of sp³-hybridized carbons (Fsp3) is 0.391. The summed E-state index contributed by atoms with van der Waals surface area (Å²) in [7, 11) is 0. The number of nitrogens with one attached hydrogen (secondary N) is 2. The Morgan fingerprint density at radius 2 is 2.13 bits per heavy atom. The van der Waals surface area contributed by atoms with Gasteiger partial charge < -0.3 is 25.0 Å². The summed E-state index contributed by atoms with van der Waals surface area (Å²) in [6, 6.07) is 7.72. The average molecular weight is 441 g/mol. The first kappa shape index (κ1) is 20.3. The number of hydrogen-bond acceptors (Lipinski definition) is 5. The molecule has 2 aliphatic rings. The number of piperazine rings is 1. The minimum absolute atomic E-state index is 0.0283. The molecule has 0 bridgehead atoms. The lowest BCUT2D eigenvalue weighted by Crippen LogP contribution is -2.50. The number of fused-ring (bicyclic) bond motifs is 2. The summed E-state index contributed by atoms with van der Waals surface area (Å²) in [5.74, 6) is 0.740. The highest BCUT2D eigenvalue weighted by Crippen LogP contribution is 2.43. The van der Waals surface area contributed by atoms with E-state index in [-0.39, 0.29) is 5.91 Å². The molecule has 1 saturated heterocycles. The molecule has 0 radical (unpaired) electrons. The molecule has 2 atom stereocenters. The van der Waals surface area contributed by atoms with Crippen molar-refractivity contribution in [2.75, 3.05) is 26.2 Å². The molecule has 1 fully saturated rings. The van der Waals surface area contributed by atoms with Crippen LogP contribution in [0.5, 0.6) is 5.75 Å². The number of carbonyl (C=O) groups excluding carboxylic acids is 1. The fourth-order valence-electron chi connectivity index (χ4n) is 4.50. The maximum absolute atomic E-state index is 13.0. The van der Waals surface area contributed by atoms with Gasteiger partial charge in [-0.25, -0.2) is 4.98 Å². The number of aliphatic hydroxyl groups excluding tert-OH is 1. The van der Waals surface area contributed by atoms with Gasteiger partial charge >= 0.3 is 0 Å². The highest BCUT2D eigenvalue weighted by molar-refractivity contribution is 6.31. The molecule has 4 heterocycles. The molecule has 8 heteroatoms. The zero-order chi connectivity index (χ0) is 21.5. The highest BCUT2D eigenvalue weighted by atomic mass is 35.5. The Bertz CT molecular complexity index is 1140. The summed E-state index contributed by atoms with van der Waals surface area (Å²) in [4.78, 5) is 22.6. The number of amides is 1. The molecule has 2 aromatic heterocycles. The van der Waals surface area contributed by atoms with Crippen molar-refractivity contribution in [3.8, 4) is 16.9 Å². The predicted octanol–water partition coefficient (Wildman–Crippen LogP) is 2.54. The van der Waals surface area contributed by atoms with E-state index in [1.807, 2.05) is 29.2 Å². The van der Waals surface area contributed by atoms with E-state index in [9.17, 15) is 9.90 Å². The molecule has 31 heavy (non-hydrogen) atoms. The Labute approximate surface area is 185 Å². The van der Waals surface area contributed by atoms with Crippen molar-refractivity contribution in [1.29, 1.82) is 0 Å². The molecule has 7 nitrogen and oxygen atoms in total. The number of H-pyrrole nitrogens is 1. The largest absolute Gasteiger partial charge is 0.479 e. The number of nitrogens with zero attached hydrogens (tertiary/aromatic N) is 2. The van der Waals surface area contributed by atoms with Crippen LogP contribution >= 0.6 is 11.6 Å². The molecular weight excluding hydrogens is 416 g/mol. The number of carbonyl (C=O) groups is 1. The molecule has 0 saturated carbocycles. The zero-order valence-electron chi connectivity index (χ0n) is 17.3. The number of aromatic amines is 1. The molecule has 1 amide bonds. The van der Waals surface area contributed by atoms with Crippen LogP contribution in [0.4, 0.5) is 0 Å². The van der Waals surface area contributed by atoms with Crippen molar-refractivity contribution >= 4 is 28.5 Å². The van der Waals surface area contributed by atoms with Crippen LogP contribution in [0, 0.1) is 0 Å². The average Bonchev–Trinajstić information content (AvgIpc) is 3.36. The van der Waals surface area contributed by atoms with E-state index in [1.165, 1.54) is 0 Å². The topological polar surface area (TPSA) is 90.5 Å². The number of hydrogen-bond donors (Lipinski definition) is 3. The van der Waals surface area contributed by atoms with Crippen LogP contribution in [0.2, 0.25) is 5.02 Å². The van der Waals surface area contributed by atoms with Crippen LogP contribution in [0.3, 0.4) is 0 Å². The summed E-state index contributed by atoms with van der Waals surface area (Å²) in [5.41, 5.74) is 4.39. The quantitative estimate of drug-likeness (QED) is 0.580. The smallest absolute Gasteiger partial charge is 0.264 e. The first-order valence-corrected chi connectivity index (χ1v) is 11.0. The molecule has 162 valence electrons. The van der Waals surface area contributed by atoms with Crippen LogP contribution in [0.25, 0.3) is 22.2 Å². The number of aliphatic hydroxyl groups is 1. The van der Waals surface area contributed by atoms with Crippen LogP contribution in [-0.4, -0.2) is 64.3 Å². The Kier molecular flexibility index (Phi) is 5.33. The lowest BCUT2D eigenvalue weighted by Gasteiger charge is -2.29. The Morgan fingerprint density at radius 3 is 2.90 bits per heavy atom. The van der Waals surface area contributed by atoms with Gasteiger partial charge in [0.05, 0.1) is 6.10 Å². The van der Waals surface area contributed by atoms with Gasteiger partial charge in [-0.05, 0) is 36.8 Å². The number of halogens is 1. The lowest BCUT2D eigenvalue weighted by atomic mass is 9.99. The number of ether oxygens (including phenoxy) is 1. The van der Waals surface area contributed by atoms with Gasteiger partial charge in [0.15, 0.2) is 6.10 Å². The minimum atomic E-state index is -0.528. The van der Waals surface area contributed by atoms with E-state index in [2.05, 4.69) is 15.3 Å². The minimum Gasteiger partial charge on any atom is -0.479 e. The molecule has 5 rings (SSSR count). The van der Waals surface area contributed by atoms with E-state index in [4.69, 9.17) is 16.3 Å². The molecule has 0 spiro atoms. The van der Waals surface area contributed by atoms with E-state index in [0.29, 0.717) is 36.7 Å². The summed E-state index contributed by atoms with van der Waals surface area (Å²) in [5, 5.41) is 14.6. The molecule has 3 aromatic rings. The Morgan fingerprint density at radius 1 is 1.32 bits per heavy atom. The van der Waals surface area contributed by atoms with Crippen molar-refractivity contribution in [2.24, 2.45) is 0 Å². The van der Waals surface area contributed by atoms with Crippen LogP contribution in [-0.2, 0) is 17.6 Å². The standard InChI is InChI=1S/C23H25ClN4O3/c1-13(29)8-16-12-19-17(2-3-26-22(19)27-16)18-11-15(24)9-14-10-20(31-21(14)18)23(30)28-6-4-25-5-7-28/h2-3,9,11-13,20,25,29H,4-8,10H2,1H3,(H,26,27)/t13?,20-/m0/s1. The summed E-state index contributed by atoms with van der Waals surface area (Å²) in [6.07, 6.45) is 1.79. The molecule has 1 aromatic carbocycles. The van der Waals surface area contributed by atoms with Gasteiger partial charge in [-0.1, -0.05) is 11.6 Å². The number of benzene rings is 1. The van der Waals surface area contributed by atoms with E-state index in [0.717, 1.165) is 46.5 Å². The number of pyridine rings is 1. The van der Waals surface area contributed by atoms with E-state index >= 15 is 0 Å². The predicted molar refractivity (Wildman–Crippen MR) is 119 cm³/mol. The first-order valence-electron chi connectivity index (χ1n) is 10.6. The van der Waals surface area contributed by atoms with Crippen LogP contribution in [0.1, 0.15) is 18.2 Å². The Balaban J connectivity index is 1.52. The first-order chi connectivity index (χ1) is 15.0. The van der Waals surface area contributed by atoms with Gasteiger partial charge in [0.25, 0.3) is 5.91 Å². The lowest BCUT2D eigenvalue weighted by molar-refractivity contribution is -0.138. The maximum atomic E-state index is 13.0. The molecule has 0 aliphatic carbocycles. The molecule has 3 N–H and O–H groups in total. The monoisotopic (exact) mass is 440 g/mol. The summed E-state index contributed by atoms with van der Waals surface area (Å²) in [6.45, 7) is 4.76. The van der Waals surface area contributed by atoms with Crippen molar-refractivity contribution in [3.63, 3.8) is 0 Å². The van der Waals surface area contributed by atoms with Gasteiger partial charge in [-0.2, -0.15) is 0 Å². The van der Waals surface area contributed by atoms with Gasteiger partial charge in [-0.3, -0.25) is 4.79 Å². The third-order valence-electron chi connectivity index (χ3n) is 5.89. The van der Waals surface area contributed by atoms with E-state index < -0.39 is 12.2 Å². The SMILES string of the molecule is CC(O)Cc1cc2c(-c3cc(Cl)cc4c3O[C@H](C(=O)N3CCNCC3)C4)ccnc2[nH]1. The third-order valence-corrected chi connectivity index (χ3v) is 6.11. The third kappa shape index (κ3) is 3.89. The second-order valence-corrected chi connectivity index (χ2v) is 8.73. The van der Waals surface area contributed by atoms with Crippen LogP contribution in [0.15, 0.2) is 30.5 Å².